The minimum Gasteiger partial charge on any atom is -0.480 e. The fourth-order valence-electron chi connectivity index (χ4n) is 2.33. The van der Waals surface area contributed by atoms with Crippen molar-refractivity contribution in [3.8, 4) is 0 Å². The Balaban J connectivity index is 2.51. The second-order valence-corrected chi connectivity index (χ2v) is 6.47. The number of benzene rings is 1. The normalized spacial score (nSPS) is 13.1. The molecule has 1 aromatic heterocycles. The summed E-state index contributed by atoms with van der Waals surface area (Å²) in [4.78, 5) is 23.4. The molecular formula is C17H21NO4. The summed E-state index contributed by atoms with van der Waals surface area (Å²) >= 11 is 0. The van der Waals surface area contributed by atoms with Crippen LogP contribution in [0, 0.1) is 6.92 Å². The van der Waals surface area contributed by atoms with E-state index in [1.165, 1.54) is 0 Å². The van der Waals surface area contributed by atoms with Crippen molar-refractivity contribution in [1.29, 1.82) is 0 Å². The molecule has 1 N–H and O–H groups in total. The van der Waals surface area contributed by atoms with Crippen LogP contribution in [0.4, 0.5) is 0 Å². The molecular weight excluding hydrogens is 282 g/mol. The number of fused-ring (bicyclic) bond motifs is 1. The lowest BCUT2D eigenvalue weighted by Crippen LogP contribution is -2.23. The number of hydrogen-bond acceptors (Lipinski definition) is 3. The molecule has 0 aliphatic heterocycles. The molecule has 2 rings (SSSR count). The molecule has 1 aromatic carbocycles. The number of rotatable bonds is 3. The number of carbonyl (C=O) groups is 2. The molecule has 0 aliphatic carbocycles. The molecule has 22 heavy (non-hydrogen) atoms. The molecule has 0 radical (unpaired) electrons. The molecule has 1 atom stereocenters. The Morgan fingerprint density at radius 2 is 1.91 bits per heavy atom. The van der Waals surface area contributed by atoms with Crippen molar-refractivity contribution in [1.82, 2.24) is 4.57 Å². The Kier molecular flexibility index (Phi) is 4.00. The first-order valence-electron chi connectivity index (χ1n) is 7.17. The van der Waals surface area contributed by atoms with Crippen LogP contribution >= 0.6 is 0 Å². The summed E-state index contributed by atoms with van der Waals surface area (Å²) in [5.41, 5.74) is 1.53. The van der Waals surface area contributed by atoms with Crippen LogP contribution in [0.15, 0.2) is 24.4 Å². The monoisotopic (exact) mass is 303 g/mol. The van der Waals surface area contributed by atoms with Gasteiger partial charge in [0, 0.05) is 17.1 Å². The topological polar surface area (TPSA) is 68.5 Å². The van der Waals surface area contributed by atoms with Crippen LogP contribution in [0.5, 0.6) is 0 Å². The maximum Gasteiger partial charge on any atom is 0.338 e. The van der Waals surface area contributed by atoms with Gasteiger partial charge in [-0.05, 0) is 52.3 Å². The smallest absolute Gasteiger partial charge is 0.338 e. The van der Waals surface area contributed by atoms with Crippen molar-refractivity contribution in [3.05, 3.63) is 35.5 Å². The number of aromatic nitrogens is 1. The maximum absolute atomic E-state index is 12.2. The first kappa shape index (κ1) is 16.1. The van der Waals surface area contributed by atoms with E-state index in [0.29, 0.717) is 5.56 Å². The zero-order valence-corrected chi connectivity index (χ0v) is 13.5. The quantitative estimate of drug-likeness (QED) is 0.880. The van der Waals surface area contributed by atoms with E-state index in [1.807, 2.05) is 33.8 Å². The number of ether oxygens (including phenoxy) is 1. The third kappa shape index (κ3) is 3.13. The van der Waals surface area contributed by atoms with Crippen molar-refractivity contribution in [2.45, 2.75) is 46.3 Å². The molecule has 0 bridgehead atoms. The van der Waals surface area contributed by atoms with Gasteiger partial charge in [-0.15, -0.1) is 0 Å². The van der Waals surface area contributed by atoms with Gasteiger partial charge in [-0.1, -0.05) is 6.07 Å². The molecule has 0 saturated heterocycles. The van der Waals surface area contributed by atoms with Gasteiger partial charge in [0.15, 0.2) is 0 Å². The SMILES string of the molecule is Cc1cn(C(C)C(=O)O)c2cc(C(=O)OC(C)(C)C)ccc12. The summed E-state index contributed by atoms with van der Waals surface area (Å²) in [6.07, 6.45) is 1.79. The maximum atomic E-state index is 12.2. The number of esters is 1. The molecule has 0 spiro atoms. The third-order valence-corrected chi connectivity index (χ3v) is 3.44. The summed E-state index contributed by atoms with van der Waals surface area (Å²) in [5, 5.41) is 10.2. The second-order valence-electron chi connectivity index (χ2n) is 6.47. The standard InChI is InChI=1S/C17H21NO4/c1-10-9-18(11(2)15(19)20)14-8-12(6-7-13(10)14)16(21)22-17(3,4)5/h6-9,11H,1-5H3,(H,19,20). The van der Waals surface area contributed by atoms with Crippen LogP contribution < -0.4 is 0 Å². The number of carboxylic acid groups (broad SMARTS) is 1. The highest BCUT2D eigenvalue weighted by Gasteiger charge is 2.21. The summed E-state index contributed by atoms with van der Waals surface area (Å²) in [6.45, 7) is 8.95. The molecule has 1 unspecified atom stereocenters. The number of carbonyl (C=O) groups excluding carboxylic acids is 1. The fourth-order valence-corrected chi connectivity index (χ4v) is 2.33. The second kappa shape index (κ2) is 5.48. The lowest BCUT2D eigenvalue weighted by atomic mass is 10.1. The van der Waals surface area contributed by atoms with Crippen molar-refractivity contribution >= 4 is 22.8 Å². The van der Waals surface area contributed by atoms with E-state index in [4.69, 9.17) is 4.74 Å². The minimum absolute atomic E-state index is 0.414. The van der Waals surface area contributed by atoms with Gasteiger partial charge in [0.05, 0.1) is 5.56 Å². The Hall–Kier alpha value is -2.30. The van der Waals surface area contributed by atoms with Crippen molar-refractivity contribution in [2.24, 2.45) is 0 Å². The molecule has 0 saturated carbocycles. The number of aryl methyl sites for hydroxylation is 1. The van der Waals surface area contributed by atoms with Crippen molar-refractivity contribution in [2.75, 3.05) is 0 Å². The number of hydrogen-bond donors (Lipinski definition) is 1. The highest BCUT2D eigenvalue weighted by Crippen LogP contribution is 2.26. The molecule has 0 amide bonds. The van der Waals surface area contributed by atoms with Crippen molar-refractivity contribution < 1.29 is 19.4 Å². The largest absolute Gasteiger partial charge is 0.480 e. The average Bonchev–Trinajstić information content (AvgIpc) is 2.72. The van der Waals surface area contributed by atoms with E-state index >= 15 is 0 Å². The molecule has 5 heteroatoms. The van der Waals surface area contributed by atoms with E-state index in [9.17, 15) is 14.7 Å². The van der Waals surface area contributed by atoms with Crippen LogP contribution in [0.3, 0.4) is 0 Å². The lowest BCUT2D eigenvalue weighted by molar-refractivity contribution is -0.140. The van der Waals surface area contributed by atoms with Gasteiger partial charge in [0.2, 0.25) is 0 Å². The Morgan fingerprint density at radius 3 is 2.45 bits per heavy atom. The minimum atomic E-state index is -0.917. The number of nitrogens with zero attached hydrogens (tertiary/aromatic N) is 1. The van der Waals surface area contributed by atoms with Crippen LogP contribution in [0.1, 0.15) is 49.7 Å². The van der Waals surface area contributed by atoms with Crippen molar-refractivity contribution in [3.63, 3.8) is 0 Å². The van der Waals surface area contributed by atoms with Gasteiger partial charge in [0.1, 0.15) is 11.6 Å². The van der Waals surface area contributed by atoms with E-state index in [1.54, 1.807) is 29.8 Å². The van der Waals surface area contributed by atoms with Gasteiger partial charge in [-0.2, -0.15) is 0 Å². The first-order valence-corrected chi connectivity index (χ1v) is 7.17. The zero-order chi connectivity index (χ0) is 16.7. The van der Waals surface area contributed by atoms with Crippen LogP contribution in [-0.2, 0) is 9.53 Å². The third-order valence-electron chi connectivity index (χ3n) is 3.44. The van der Waals surface area contributed by atoms with E-state index in [-0.39, 0.29) is 0 Å². The first-order chi connectivity index (χ1) is 10.1. The van der Waals surface area contributed by atoms with Gasteiger partial charge < -0.3 is 14.4 Å². The van der Waals surface area contributed by atoms with E-state index < -0.39 is 23.6 Å². The predicted molar refractivity (Wildman–Crippen MR) is 84.2 cm³/mol. The van der Waals surface area contributed by atoms with Crippen LogP contribution in [0.2, 0.25) is 0 Å². The lowest BCUT2D eigenvalue weighted by Gasteiger charge is -2.19. The van der Waals surface area contributed by atoms with Crippen LogP contribution in [0.25, 0.3) is 10.9 Å². The Bertz CT molecular complexity index is 737. The summed E-state index contributed by atoms with van der Waals surface area (Å²) < 4.78 is 7.03. The average molecular weight is 303 g/mol. The van der Waals surface area contributed by atoms with Crippen LogP contribution in [-0.4, -0.2) is 27.2 Å². The van der Waals surface area contributed by atoms with E-state index in [2.05, 4.69) is 0 Å². The molecule has 118 valence electrons. The summed E-state index contributed by atoms with van der Waals surface area (Å²) in [6, 6.07) is 4.52. The molecule has 0 aliphatic rings. The molecule has 1 heterocycles. The van der Waals surface area contributed by atoms with Gasteiger partial charge in [-0.25, -0.2) is 9.59 Å². The Labute approximate surface area is 129 Å². The molecule has 5 nitrogen and oxygen atoms in total. The van der Waals surface area contributed by atoms with Gasteiger partial charge >= 0.3 is 11.9 Å². The van der Waals surface area contributed by atoms with Gasteiger partial charge in [0.25, 0.3) is 0 Å². The zero-order valence-electron chi connectivity index (χ0n) is 13.5. The predicted octanol–water partition coefficient (Wildman–Crippen LogP) is 3.55. The molecule has 2 aromatic rings. The number of aliphatic carboxylic acids is 1. The highest BCUT2D eigenvalue weighted by atomic mass is 16.6. The highest BCUT2D eigenvalue weighted by molar-refractivity contribution is 5.96. The summed E-state index contributed by atoms with van der Waals surface area (Å²) in [5.74, 6) is -1.33. The van der Waals surface area contributed by atoms with E-state index in [0.717, 1.165) is 16.5 Å². The summed E-state index contributed by atoms with van der Waals surface area (Å²) in [7, 11) is 0. The Morgan fingerprint density at radius 1 is 1.27 bits per heavy atom. The molecule has 0 fully saturated rings. The number of carboxylic acids is 1. The fraction of sp³-hybridized carbons (Fsp3) is 0.412. The van der Waals surface area contributed by atoms with Gasteiger partial charge in [-0.3, -0.25) is 0 Å².